The Morgan fingerprint density at radius 3 is 2.53 bits per heavy atom. The maximum absolute atomic E-state index is 14.2. The highest BCUT2D eigenvalue weighted by molar-refractivity contribution is 6.03. The van der Waals surface area contributed by atoms with Gasteiger partial charge in [-0.25, -0.2) is 4.39 Å². The fourth-order valence-corrected chi connectivity index (χ4v) is 2.59. The Hall–Kier alpha value is -1.42. The summed E-state index contributed by atoms with van der Waals surface area (Å²) in [6.07, 6.45) is 2.19. The van der Waals surface area contributed by atoms with E-state index in [4.69, 9.17) is 4.74 Å². The van der Waals surface area contributed by atoms with Crippen LogP contribution in [0, 0.1) is 5.82 Å². The molecule has 1 aromatic carbocycles. The van der Waals surface area contributed by atoms with Gasteiger partial charge in [0.2, 0.25) is 0 Å². The average Bonchev–Trinajstić information content (AvgIpc) is 2.92. The third kappa shape index (κ3) is 2.50. The first-order valence-corrected chi connectivity index (χ1v) is 6.61. The Morgan fingerprint density at radius 2 is 1.95 bits per heavy atom. The smallest absolute Gasteiger partial charge is 0.185 e. The third-order valence-electron chi connectivity index (χ3n) is 3.88. The van der Waals surface area contributed by atoms with Gasteiger partial charge in [-0.2, -0.15) is 0 Å². The predicted molar refractivity (Wildman–Crippen MR) is 72.2 cm³/mol. The summed E-state index contributed by atoms with van der Waals surface area (Å²) in [5.74, 6) is -0.642. The van der Waals surface area contributed by atoms with Gasteiger partial charge < -0.3 is 4.74 Å². The van der Waals surface area contributed by atoms with E-state index in [0.717, 1.165) is 25.9 Å². The van der Waals surface area contributed by atoms with Crippen LogP contribution in [0.3, 0.4) is 0 Å². The zero-order valence-electron chi connectivity index (χ0n) is 11.7. The molecular weight excluding hydrogens is 245 g/mol. The lowest BCUT2D eigenvalue weighted by Crippen LogP contribution is -2.48. The molecule has 1 fully saturated rings. The zero-order chi connectivity index (χ0) is 14.0. The fourth-order valence-electron chi connectivity index (χ4n) is 2.59. The summed E-state index contributed by atoms with van der Waals surface area (Å²) in [6.45, 7) is 5.51. The summed E-state index contributed by atoms with van der Waals surface area (Å²) < 4.78 is 19.1. The van der Waals surface area contributed by atoms with Crippen LogP contribution in [0.1, 0.15) is 37.0 Å². The van der Waals surface area contributed by atoms with Gasteiger partial charge in [0.1, 0.15) is 0 Å². The summed E-state index contributed by atoms with van der Waals surface area (Å²) >= 11 is 0. The van der Waals surface area contributed by atoms with Gasteiger partial charge in [-0.15, -0.1) is 0 Å². The largest absolute Gasteiger partial charge is 0.494 e. The van der Waals surface area contributed by atoms with Crippen LogP contribution in [0.15, 0.2) is 18.2 Å². The Morgan fingerprint density at radius 1 is 1.32 bits per heavy atom. The summed E-state index contributed by atoms with van der Waals surface area (Å²) in [4.78, 5) is 14.7. The molecule has 0 unspecified atom stereocenters. The molecule has 2 rings (SSSR count). The number of likely N-dealkylation sites (tertiary alicyclic amines) is 1. The lowest BCUT2D eigenvalue weighted by molar-refractivity contribution is 0.0697. The molecule has 1 saturated heterocycles. The van der Waals surface area contributed by atoms with E-state index in [0.29, 0.717) is 0 Å². The number of hydrogen-bond donors (Lipinski definition) is 0. The molecule has 0 aliphatic carbocycles. The van der Waals surface area contributed by atoms with E-state index in [1.54, 1.807) is 6.07 Å². The van der Waals surface area contributed by atoms with Gasteiger partial charge in [0.15, 0.2) is 17.3 Å². The number of halogens is 1. The Labute approximate surface area is 113 Å². The van der Waals surface area contributed by atoms with Crippen LogP contribution in [0.2, 0.25) is 0 Å². The summed E-state index contributed by atoms with van der Waals surface area (Å²) in [6, 6.07) is 4.70. The molecule has 19 heavy (non-hydrogen) atoms. The quantitative estimate of drug-likeness (QED) is 0.784. The molecule has 3 nitrogen and oxygen atoms in total. The normalized spacial score (nSPS) is 16.6. The molecule has 0 bridgehead atoms. The minimum Gasteiger partial charge on any atom is -0.494 e. The molecule has 1 aromatic rings. The zero-order valence-corrected chi connectivity index (χ0v) is 11.7. The molecule has 0 radical (unpaired) electrons. The van der Waals surface area contributed by atoms with Crippen LogP contribution in [0.25, 0.3) is 0 Å². The number of nitrogens with zero attached hydrogens (tertiary/aromatic N) is 1. The van der Waals surface area contributed by atoms with Crippen molar-refractivity contribution in [2.24, 2.45) is 0 Å². The van der Waals surface area contributed by atoms with Crippen LogP contribution < -0.4 is 4.74 Å². The Bertz CT molecular complexity index is 479. The van der Waals surface area contributed by atoms with Crippen molar-refractivity contribution in [2.45, 2.75) is 32.2 Å². The highest BCUT2D eigenvalue weighted by Crippen LogP contribution is 2.28. The molecule has 104 valence electrons. The molecule has 1 aliphatic heterocycles. The van der Waals surface area contributed by atoms with Crippen molar-refractivity contribution in [3.05, 3.63) is 29.6 Å². The number of methoxy groups -OCH3 is 1. The maximum atomic E-state index is 14.2. The van der Waals surface area contributed by atoms with E-state index in [9.17, 15) is 9.18 Å². The van der Waals surface area contributed by atoms with E-state index in [2.05, 4.69) is 4.90 Å². The topological polar surface area (TPSA) is 29.5 Å². The number of ether oxygens (including phenoxy) is 1. The van der Waals surface area contributed by atoms with Crippen molar-refractivity contribution >= 4 is 5.78 Å². The van der Waals surface area contributed by atoms with Crippen LogP contribution >= 0.6 is 0 Å². The van der Waals surface area contributed by atoms with Crippen molar-refractivity contribution in [2.75, 3.05) is 20.2 Å². The van der Waals surface area contributed by atoms with Crippen LogP contribution in [-0.4, -0.2) is 36.4 Å². The van der Waals surface area contributed by atoms with Crippen molar-refractivity contribution in [3.63, 3.8) is 0 Å². The van der Waals surface area contributed by atoms with Crippen molar-refractivity contribution in [1.29, 1.82) is 0 Å². The molecule has 0 aromatic heterocycles. The minimum atomic E-state index is -0.677. The molecule has 0 N–H and O–H groups in total. The van der Waals surface area contributed by atoms with E-state index < -0.39 is 11.4 Å². The second kappa shape index (κ2) is 5.29. The summed E-state index contributed by atoms with van der Waals surface area (Å²) in [7, 11) is 1.40. The molecule has 1 heterocycles. The molecule has 4 heteroatoms. The van der Waals surface area contributed by atoms with Gasteiger partial charge in [-0.1, -0.05) is 6.07 Å². The Balaban J connectivity index is 2.33. The van der Waals surface area contributed by atoms with Crippen molar-refractivity contribution in [1.82, 2.24) is 4.90 Å². The number of Topliss-reactive ketones (excluding diaryl/α,β-unsaturated/α-hetero) is 1. The molecule has 0 atom stereocenters. The predicted octanol–water partition coefficient (Wildman–Crippen LogP) is 2.89. The number of ketones is 1. The monoisotopic (exact) mass is 265 g/mol. The maximum Gasteiger partial charge on any atom is 0.185 e. The van der Waals surface area contributed by atoms with Crippen LogP contribution in [0.5, 0.6) is 5.75 Å². The third-order valence-corrected chi connectivity index (χ3v) is 3.88. The summed E-state index contributed by atoms with van der Waals surface area (Å²) in [5, 5.41) is 0. The first-order valence-electron chi connectivity index (χ1n) is 6.61. The second-order valence-corrected chi connectivity index (χ2v) is 5.40. The molecule has 0 spiro atoms. The second-order valence-electron chi connectivity index (χ2n) is 5.40. The minimum absolute atomic E-state index is 0.108. The first-order chi connectivity index (χ1) is 8.98. The van der Waals surface area contributed by atoms with E-state index in [-0.39, 0.29) is 17.1 Å². The molecule has 0 amide bonds. The van der Waals surface area contributed by atoms with Crippen molar-refractivity contribution < 1.29 is 13.9 Å². The number of carbonyl (C=O) groups excluding carboxylic acids is 1. The fraction of sp³-hybridized carbons (Fsp3) is 0.533. The first kappa shape index (κ1) is 14.0. The highest BCUT2D eigenvalue weighted by Gasteiger charge is 2.37. The van der Waals surface area contributed by atoms with E-state index in [1.165, 1.54) is 19.2 Å². The Kier molecular flexibility index (Phi) is 3.90. The van der Waals surface area contributed by atoms with Gasteiger partial charge in [-0.05, 0) is 51.9 Å². The summed E-state index contributed by atoms with van der Waals surface area (Å²) in [5.41, 5.74) is -0.569. The molecular formula is C15H20FNO2. The van der Waals surface area contributed by atoms with Crippen LogP contribution in [-0.2, 0) is 0 Å². The number of hydrogen-bond acceptors (Lipinski definition) is 3. The SMILES string of the molecule is COc1cccc(C(=O)C(C)(C)N2CCCC2)c1F. The number of benzene rings is 1. The standard InChI is InChI=1S/C15H20FNO2/c1-15(2,17-9-4-5-10-17)14(18)11-7-6-8-12(19-3)13(11)16/h6-8H,4-5,9-10H2,1-3H3. The average molecular weight is 265 g/mol. The van der Waals surface area contributed by atoms with E-state index in [1.807, 2.05) is 13.8 Å². The van der Waals surface area contributed by atoms with Crippen molar-refractivity contribution in [3.8, 4) is 5.75 Å². The molecule has 0 saturated carbocycles. The lowest BCUT2D eigenvalue weighted by Gasteiger charge is -2.34. The number of rotatable bonds is 4. The van der Waals surface area contributed by atoms with Gasteiger partial charge in [-0.3, -0.25) is 9.69 Å². The molecule has 1 aliphatic rings. The highest BCUT2D eigenvalue weighted by atomic mass is 19.1. The van der Waals surface area contributed by atoms with Gasteiger partial charge in [0.05, 0.1) is 18.2 Å². The number of carbonyl (C=O) groups is 1. The van der Waals surface area contributed by atoms with Crippen LogP contribution in [0.4, 0.5) is 4.39 Å². The van der Waals surface area contributed by atoms with Gasteiger partial charge in [0.25, 0.3) is 0 Å². The van der Waals surface area contributed by atoms with Gasteiger partial charge in [0, 0.05) is 0 Å². The van der Waals surface area contributed by atoms with E-state index >= 15 is 0 Å². The lowest BCUT2D eigenvalue weighted by atomic mass is 9.91. The van der Waals surface area contributed by atoms with Gasteiger partial charge >= 0.3 is 0 Å².